The lowest BCUT2D eigenvalue weighted by molar-refractivity contribution is -0.137. The number of ketones is 1. The van der Waals surface area contributed by atoms with E-state index in [1.165, 1.54) is 6.07 Å². The standard InChI is InChI=1S/C30H33F3N2O2/c1-21-26(28(36)19-22-10-8-15-25(18-22)30(31,32)33)20-27(23-11-4-3-5-12-23)35(21)17-9-16-34(2)29(37)24-13-6-7-14-24/h3-5,8,10-12,15,18,20,24H,6-7,9,13-14,16-17,19H2,1-2H3. The number of halogens is 3. The summed E-state index contributed by atoms with van der Waals surface area (Å²) in [4.78, 5) is 27.8. The molecule has 0 spiro atoms. The Morgan fingerprint density at radius 2 is 1.70 bits per heavy atom. The SMILES string of the molecule is Cc1c(C(=O)Cc2cccc(C(F)(F)F)c2)cc(-c2ccccc2)n1CCCN(C)C(=O)C1CCCC1. The summed E-state index contributed by atoms with van der Waals surface area (Å²) in [5.74, 6) is 0.126. The van der Waals surface area contributed by atoms with E-state index >= 15 is 0 Å². The van der Waals surface area contributed by atoms with E-state index in [0.29, 0.717) is 24.2 Å². The van der Waals surface area contributed by atoms with E-state index in [4.69, 9.17) is 0 Å². The maximum absolute atomic E-state index is 13.3. The topological polar surface area (TPSA) is 42.3 Å². The predicted octanol–water partition coefficient (Wildman–Crippen LogP) is 6.95. The fraction of sp³-hybridized carbons (Fsp3) is 0.400. The van der Waals surface area contributed by atoms with Gasteiger partial charge >= 0.3 is 6.18 Å². The molecule has 0 bridgehead atoms. The first-order valence-electron chi connectivity index (χ1n) is 12.8. The number of alkyl halides is 3. The highest BCUT2D eigenvalue weighted by molar-refractivity contribution is 6.00. The first-order valence-corrected chi connectivity index (χ1v) is 12.8. The molecule has 0 atom stereocenters. The largest absolute Gasteiger partial charge is 0.416 e. The number of hydrogen-bond donors (Lipinski definition) is 0. The second-order valence-corrected chi connectivity index (χ2v) is 9.94. The maximum Gasteiger partial charge on any atom is 0.416 e. The third kappa shape index (κ3) is 6.32. The van der Waals surface area contributed by atoms with Crippen molar-refractivity contribution < 1.29 is 22.8 Å². The molecule has 4 rings (SSSR count). The van der Waals surface area contributed by atoms with E-state index in [1.807, 2.05) is 55.3 Å². The van der Waals surface area contributed by atoms with Crippen molar-refractivity contribution in [3.05, 3.63) is 83.0 Å². The Balaban J connectivity index is 1.53. The van der Waals surface area contributed by atoms with Gasteiger partial charge in [-0.3, -0.25) is 9.59 Å². The Hall–Kier alpha value is -3.35. The zero-order valence-electron chi connectivity index (χ0n) is 21.4. The minimum absolute atomic E-state index is 0.109. The molecule has 1 fully saturated rings. The molecule has 3 aromatic rings. The van der Waals surface area contributed by atoms with Crippen molar-refractivity contribution in [2.75, 3.05) is 13.6 Å². The molecule has 1 amide bonds. The van der Waals surface area contributed by atoms with Crippen molar-refractivity contribution in [3.8, 4) is 11.3 Å². The average molecular weight is 511 g/mol. The molecule has 1 heterocycles. The van der Waals surface area contributed by atoms with E-state index < -0.39 is 11.7 Å². The van der Waals surface area contributed by atoms with Gasteiger partial charge in [0.2, 0.25) is 5.91 Å². The third-order valence-electron chi connectivity index (χ3n) is 7.31. The highest BCUT2D eigenvalue weighted by atomic mass is 19.4. The van der Waals surface area contributed by atoms with Crippen LogP contribution in [0.2, 0.25) is 0 Å². The zero-order chi connectivity index (χ0) is 26.6. The van der Waals surface area contributed by atoms with Gasteiger partial charge in [-0.2, -0.15) is 13.2 Å². The predicted molar refractivity (Wildman–Crippen MR) is 138 cm³/mol. The minimum Gasteiger partial charge on any atom is -0.345 e. The maximum atomic E-state index is 13.3. The smallest absolute Gasteiger partial charge is 0.345 e. The van der Waals surface area contributed by atoms with Crippen LogP contribution in [0.4, 0.5) is 13.2 Å². The number of rotatable bonds is 9. The molecule has 0 saturated heterocycles. The van der Waals surface area contributed by atoms with Crippen LogP contribution in [0.5, 0.6) is 0 Å². The molecule has 1 saturated carbocycles. The highest BCUT2D eigenvalue weighted by Crippen LogP contribution is 2.31. The summed E-state index contributed by atoms with van der Waals surface area (Å²) in [5.41, 5.74) is 2.70. The van der Waals surface area contributed by atoms with Gasteiger partial charge in [0.05, 0.1) is 5.56 Å². The normalized spacial score (nSPS) is 14.2. The Morgan fingerprint density at radius 3 is 2.38 bits per heavy atom. The monoisotopic (exact) mass is 510 g/mol. The van der Waals surface area contributed by atoms with Crippen molar-refractivity contribution in [2.45, 2.75) is 58.2 Å². The van der Waals surface area contributed by atoms with Gasteiger partial charge in [-0.05, 0) is 49.4 Å². The molecule has 7 heteroatoms. The van der Waals surface area contributed by atoms with Crippen LogP contribution < -0.4 is 0 Å². The lowest BCUT2D eigenvalue weighted by Crippen LogP contribution is -2.33. The number of hydrogen-bond acceptors (Lipinski definition) is 2. The van der Waals surface area contributed by atoms with Crippen LogP contribution in [0.1, 0.15) is 59.3 Å². The average Bonchev–Trinajstić information content (AvgIpc) is 3.52. The number of carbonyl (C=O) groups excluding carboxylic acids is 2. The Kier molecular flexibility index (Phi) is 8.20. The first-order chi connectivity index (χ1) is 17.6. The molecule has 0 aliphatic heterocycles. The molecule has 0 radical (unpaired) electrons. The molecule has 1 aliphatic carbocycles. The molecule has 0 unspecified atom stereocenters. The van der Waals surface area contributed by atoms with Gasteiger partial charge in [-0.1, -0.05) is 61.4 Å². The van der Waals surface area contributed by atoms with Crippen LogP contribution in [0.25, 0.3) is 11.3 Å². The molecule has 4 nitrogen and oxygen atoms in total. The molecule has 2 aromatic carbocycles. The fourth-order valence-corrected chi connectivity index (χ4v) is 5.26. The third-order valence-corrected chi connectivity index (χ3v) is 7.31. The molecule has 0 N–H and O–H groups in total. The highest BCUT2D eigenvalue weighted by Gasteiger charge is 2.30. The van der Waals surface area contributed by atoms with Crippen LogP contribution in [0.3, 0.4) is 0 Å². The molecular formula is C30H33F3N2O2. The molecular weight excluding hydrogens is 477 g/mol. The molecule has 1 aromatic heterocycles. The van der Waals surface area contributed by atoms with E-state index in [-0.39, 0.29) is 24.0 Å². The van der Waals surface area contributed by atoms with Crippen molar-refractivity contribution in [2.24, 2.45) is 5.92 Å². The van der Waals surface area contributed by atoms with E-state index in [2.05, 4.69) is 4.57 Å². The van der Waals surface area contributed by atoms with Crippen LogP contribution in [-0.4, -0.2) is 34.7 Å². The number of amides is 1. The van der Waals surface area contributed by atoms with Gasteiger partial charge in [0, 0.05) is 49.4 Å². The van der Waals surface area contributed by atoms with Gasteiger partial charge in [0.1, 0.15) is 0 Å². The fourth-order valence-electron chi connectivity index (χ4n) is 5.26. The number of Topliss-reactive ketones (excluding diaryl/α,β-unsaturated/α-hetero) is 1. The summed E-state index contributed by atoms with van der Waals surface area (Å²) in [6.45, 7) is 3.11. The minimum atomic E-state index is -4.45. The lowest BCUT2D eigenvalue weighted by Gasteiger charge is -2.21. The second-order valence-electron chi connectivity index (χ2n) is 9.94. The quantitative estimate of drug-likeness (QED) is 0.293. The molecule has 1 aliphatic rings. The summed E-state index contributed by atoms with van der Waals surface area (Å²) >= 11 is 0. The van der Waals surface area contributed by atoms with Gasteiger partial charge in [-0.25, -0.2) is 0 Å². The van der Waals surface area contributed by atoms with E-state index in [0.717, 1.165) is 61.2 Å². The van der Waals surface area contributed by atoms with Crippen molar-refractivity contribution >= 4 is 11.7 Å². The Bertz CT molecular complexity index is 1240. The van der Waals surface area contributed by atoms with E-state index in [1.54, 1.807) is 6.07 Å². The summed E-state index contributed by atoms with van der Waals surface area (Å²) in [5, 5.41) is 0. The first kappa shape index (κ1) is 26.7. The van der Waals surface area contributed by atoms with Crippen molar-refractivity contribution in [3.63, 3.8) is 0 Å². The van der Waals surface area contributed by atoms with Gasteiger partial charge < -0.3 is 9.47 Å². The Labute approximate surface area is 216 Å². The van der Waals surface area contributed by atoms with Crippen LogP contribution in [-0.2, 0) is 23.9 Å². The van der Waals surface area contributed by atoms with Crippen molar-refractivity contribution in [1.29, 1.82) is 0 Å². The van der Waals surface area contributed by atoms with Gasteiger partial charge in [0.25, 0.3) is 0 Å². The van der Waals surface area contributed by atoms with Gasteiger partial charge in [0.15, 0.2) is 5.78 Å². The van der Waals surface area contributed by atoms with Crippen LogP contribution in [0, 0.1) is 12.8 Å². The summed E-state index contributed by atoms with van der Waals surface area (Å²) in [6, 6.07) is 16.5. The number of nitrogens with zero attached hydrogens (tertiary/aromatic N) is 2. The summed E-state index contributed by atoms with van der Waals surface area (Å²) in [6.07, 6.45) is 0.332. The summed E-state index contributed by atoms with van der Waals surface area (Å²) < 4.78 is 41.5. The number of aromatic nitrogens is 1. The second kappa shape index (κ2) is 11.4. The van der Waals surface area contributed by atoms with E-state index in [9.17, 15) is 22.8 Å². The lowest BCUT2D eigenvalue weighted by atomic mass is 10.0. The molecule has 196 valence electrons. The van der Waals surface area contributed by atoms with Crippen LogP contribution in [0.15, 0.2) is 60.7 Å². The Morgan fingerprint density at radius 1 is 1.00 bits per heavy atom. The number of benzene rings is 2. The van der Waals surface area contributed by atoms with Crippen molar-refractivity contribution in [1.82, 2.24) is 9.47 Å². The van der Waals surface area contributed by atoms with Gasteiger partial charge in [-0.15, -0.1) is 0 Å². The molecule has 37 heavy (non-hydrogen) atoms. The summed E-state index contributed by atoms with van der Waals surface area (Å²) in [7, 11) is 1.85. The zero-order valence-corrected chi connectivity index (χ0v) is 21.4. The number of carbonyl (C=O) groups is 2. The van der Waals surface area contributed by atoms with Crippen LogP contribution >= 0.6 is 0 Å².